The van der Waals surface area contributed by atoms with E-state index in [2.05, 4.69) is 0 Å². The van der Waals surface area contributed by atoms with Crippen LogP contribution in [-0.2, 0) is 14.3 Å². The Hall–Kier alpha value is -1.79. The molecule has 1 aromatic carbocycles. The lowest BCUT2D eigenvalue weighted by atomic mass is 10.3. The third-order valence-electron chi connectivity index (χ3n) is 2.95. The van der Waals surface area contributed by atoms with E-state index in [4.69, 9.17) is 19.9 Å². The number of benzene rings is 1. The molecule has 1 amide bonds. The first-order valence-corrected chi connectivity index (χ1v) is 6.91. The molecule has 0 unspecified atom stereocenters. The van der Waals surface area contributed by atoms with Crippen molar-refractivity contribution < 1.29 is 19.0 Å². The Morgan fingerprint density at radius 1 is 1.05 bits per heavy atom. The number of nitrogens with two attached hydrogens (primary N) is 1. The normalized spacial score (nSPS) is 10.4. The van der Waals surface area contributed by atoms with E-state index >= 15 is 0 Å². The average Bonchev–Trinajstić information content (AvgIpc) is 2.49. The minimum atomic E-state index is 0.0274. The highest BCUT2D eigenvalue weighted by atomic mass is 16.5. The van der Waals surface area contributed by atoms with Crippen molar-refractivity contribution in [3.8, 4) is 5.75 Å². The van der Waals surface area contributed by atoms with Gasteiger partial charge in [0.25, 0.3) is 0 Å². The fourth-order valence-electron chi connectivity index (χ4n) is 1.74. The summed E-state index contributed by atoms with van der Waals surface area (Å²) in [6.45, 7) is 2.46. The zero-order valence-corrected chi connectivity index (χ0v) is 12.7. The number of carbonyl (C=O) groups is 1. The standard InChI is InChI=1S/C15H24N2O4/c1-19-11-8-17(9-12-20-2)15(18)7-10-21-14-5-3-13(16)4-6-14/h3-6H,7-12,16H2,1-2H3. The molecule has 0 aliphatic carbocycles. The van der Waals surface area contributed by atoms with Crippen molar-refractivity contribution in [1.82, 2.24) is 4.90 Å². The van der Waals surface area contributed by atoms with Gasteiger partial charge in [0.15, 0.2) is 0 Å². The Kier molecular flexibility index (Phi) is 8.23. The van der Waals surface area contributed by atoms with Gasteiger partial charge in [0.05, 0.1) is 26.2 Å². The molecular formula is C15H24N2O4. The summed E-state index contributed by atoms with van der Waals surface area (Å²) in [6, 6.07) is 7.10. The Morgan fingerprint density at radius 2 is 1.62 bits per heavy atom. The number of hydrogen-bond acceptors (Lipinski definition) is 5. The van der Waals surface area contributed by atoms with Gasteiger partial charge in [0, 0.05) is 33.0 Å². The van der Waals surface area contributed by atoms with Crippen LogP contribution in [0.2, 0.25) is 0 Å². The number of carbonyl (C=O) groups excluding carboxylic acids is 1. The van der Waals surface area contributed by atoms with Crippen LogP contribution in [0.15, 0.2) is 24.3 Å². The van der Waals surface area contributed by atoms with E-state index in [0.717, 1.165) is 0 Å². The van der Waals surface area contributed by atoms with Crippen LogP contribution in [0.25, 0.3) is 0 Å². The zero-order valence-electron chi connectivity index (χ0n) is 12.7. The number of ether oxygens (including phenoxy) is 3. The summed E-state index contributed by atoms with van der Waals surface area (Å²) < 4.78 is 15.5. The first kappa shape index (κ1) is 17.3. The van der Waals surface area contributed by atoms with Gasteiger partial charge in [-0.05, 0) is 24.3 Å². The van der Waals surface area contributed by atoms with E-state index in [0.29, 0.717) is 50.8 Å². The maximum absolute atomic E-state index is 12.1. The maximum Gasteiger partial charge on any atom is 0.226 e. The van der Waals surface area contributed by atoms with Gasteiger partial charge in [0.2, 0.25) is 5.91 Å². The van der Waals surface area contributed by atoms with Crippen LogP contribution in [0.1, 0.15) is 6.42 Å². The summed E-state index contributed by atoms with van der Waals surface area (Å²) in [4.78, 5) is 13.8. The van der Waals surface area contributed by atoms with Gasteiger partial charge < -0.3 is 24.8 Å². The number of nitrogen functional groups attached to an aromatic ring is 1. The van der Waals surface area contributed by atoms with Gasteiger partial charge in [-0.2, -0.15) is 0 Å². The van der Waals surface area contributed by atoms with Crippen molar-refractivity contribution >= 4 is 11.6 Å². The minimum Gasteiger partial charge on any atom is -0.493 e. The van der Waals surface area contributed by atoms with Crippen LogP contribution in [0.5, 0.6) is 5.75 Å². The molecule has 118 valence electrons. The van der Waals surface area contributed by atoms with Gasteiger partial charge >= 0.3 is 0 Å². The van der Waals surface area contributed by atoms with E-state index in [1.165, 1.54) is 0 Å². The van der Waals surface area contributed by atoms with Crippen molar-refractivity contribution in [2.75, 3.05) is 52.9 Å². The molecule has 0 atom stereocenters. The molecule has 0 bridgehead atoms. The Balaban J connectivity index is 2.35. The molecule has 0 aromatic heterocycles. The largest absolute Gasteiger partial charge is 0.493 e. The summed E-state index contributed by atoms with van der Waals surface area (Å²) >= 11 is 0. The van der Waals surface area contributed by atoms with Crippen molar-refractivity contribution in [2.45, 2.75) is 6.42 Å². The van der Waals surface area contributed by atoms with E-state index in [1.54, 1.807) is 43.4 Å². The molecule has 1 rings (SSSR count). The van der Waals surface area contributed by atoms with Crippen LogP contribution in [-0.4, -0.2) is 57.9 Å². The highest BCUT2D eigenvalue weighted by Gasteiger charge is 2.13. The Morgan fingerprint density at radius 3 is 2.14 bits per heavy atom. The molecule has 0 saturated heterocycles. The molecule has 2 N–H and O–H groups in total. The summed E-state index contributed by atoms with van der Waals surface area (Å²) in [5, 5.41) is 0. The van der Waals surface area contributed by atoms with E-state index in [1.807, 2.05) is 0 Å². The molecule has 0 radical (unpaired) electrons. The van der Waals surface area contributed by atoms with Crippen LogP contribution in [0, 0.1) is 0 Å². The van der Waals surface area contributed by atoms with Crippen LogP contribution < -0.4 is 10.5 Å². The van der Waals surface area contributed by atoms with Crippen molar-refractivity contribution in [3.05, 3.63) is 24.3 Å². The van der Waals surface area contributed by atoms with Crippen molar-refractivity contribution in [2.24, 2.45) is 0 Å². The summed E-state index contributed by atoms with van der Waals surface area (Å²) in [5.41, 5.74) is 6.28. The first-order chi connectivity index (χ1) is 10.2. The second-order valence-corrected chi connectivity index (χ2v) is 4.53. The number of rotatable bonds is 10. The molecule has 0 aliphatic heterocycles. The Bertz CT molecular complexity index is 401. The molecule has 0 spiro atoms. The molecule has 0 fully saturated rings. The number of methoxy groups -OCH3 is 2. The van der Waals surface area contributed by atoms with E-state index in [-0.39, 0.29) is 5.91 Å². The quantitative estimate of drug-likeness (QED) is 0.656. The summed E-state index contributed by atoms with van der Waals surface area (Å²) in [7, 11) is 3.23. The molecule has 0 aliphatic rings. The van der Waals surface area contributed by atoms with Gasteiger partial charge in [0.1, 0.15) is 5.75 Å². The van der Waals surface area contributed by atoms with Gasteiger partial charge in [-0.25, -0.2) is 0 Å². The number of amides is 1. The first-order valence-electron chi connectivity index (χ1n) is 6.91. The Labute approximate surface area is 125 Å². The van der Waals surface area contributed by atoms with E-state index in [9.17, 15) is 4.79 Å². The molecule has 0 saturated carbocycles. The number of nitrogens with zero attached hydrogens (tertiary/aromatic N) is 1. The molecule has 6 heteroatoms. The topological polar surface area (TPSA) is 74.0 Å². The fourth-order valence-corrected chi connectivity index (χ4v) is 1.74. The molecular weight excluding hydrogens is 272 g/mol. The van der Waals surface area contributed by atoms with Crippen LogP contribution in [0.4, 0.5) is 5.69 Å². The third kappa shape index (κ3) is 6.97. The lowest BCUT2D eigenvalue weighted by Crippen LogP contribution is -2.37. The zero-order chi connectivity index (χ0) is 15.5. The van der Waals surface area contributed by atoms with Crippen LogP contribution >= 0.6 is 0 Å². The maximum atomic E-state index is 12.1. The molecule has 21 heavy (non-hydrogen) atoms. The monoisotopic (exact) mass is 296 g/mol. The molecule has 0 heterocycles. The van der Waals surface area contributed by atoms with Gasteiger partial charge in [-0.1, -0.05) is 0 Å². The predicted octanol–water partition coefficient (Wildman–Crippen LogP) is 1.16. The lowest BCUT2D eigenvalue weighted by molar-refractivity contribution is -0.133. The lowest BCUT2D eigenvalue weighted by Gasteiger charge is -2.22. The summed E-state index contributed by atoms with van der Waals surface area (Å²) in [5.74, 6) is 0.733. The van der Waals surface area contributed by atoms with E-state index < -0.39 is 0 Å². The van der Waals surface area contributed by atoms with Crippen molar-refractivity contribution in [1.29, 1.82) is 0 Å². The second kappa shape index (κ2) is 10.0. The smallest absolute Gasteiger partial charge is 0.226 e. The van der Waals surface area contributed by atoms with Crippen molar-refractivity contribution in [3.63, 3.8) is 0 Å². The van der Waals surface area contributed by atoms with Crippen LogP contribution in [0.3, 0.4) is 0 Å². The predicted molar refractivity (Wildman–Crippen MR) is 81.3 cm³/mol. The third-order valence-corrected chi connectivity index (χ3v) is 2.95. The molecule has 6 nitrogen and oxygen atoms in total. The number of anilines is 1. The summed E-state index contributed by atoms with van der Waals surface area (Å²) in [6.07, 6.45) is 0.317. The second-order valence-electron chi connectivity index (χ2n) is 4.53. The molecule has 1 aromatic rings. The van der Waals surface area contributed by atoms with Gasteiger partial charge in [-0.3, -0.25) is 4.79 Å². The SMILES string of the molecule is COCCN(CCOC)C(=O)CCOc1ccc(N)cc1. The average molecular weight is 296 g/mol. The highest BCUT2D eigenvalue weighted by molar-refractivity contribution is 5.76. The number of hydrogen-bond donors (Lipinski definition) is 1. The van der Waals surface area contributed by atoms with Gasteiger partial charge in [-0.15, -0.1) is 0 Å². The fraction of sp³-hybridized carbons (Fsp3) is 0.533. The highest BCUT2D eigenvalue weighted by Crippen LogP contribution is 2.13. The minimum absolute atomic E-state index is 0.0274.